The first-order valence-electron chi connectivity index (χ1n) is 14.0. The van der Waals surface area contributed by atoms with Crippen molar-refractivity contribution in [3.05, 3.63) is 70.0 Å². The van der Waals surface area contributed by atoms with E-state index in [2.05, 4.69) is 69.7 Å². The van der Waals surface area contributed by atoms with Crippen LogP contribution in [0.15, 0.2) is 64.5 Å². The fourth-order valence-corrected chi connectivity index (χ4v) is 4.49. The van der Waals surface area contributed by atoms with Crippen LogP contribution in [0.25, 0.3) is 0 Å². The molecule has 1 aromatic carbocycles. The van der Waals surface area contributed by atoms with Gasteiger partial charge in [0.1, 0.15) is 5.60 Å². The van der Waals surface area contributed by atoms with Gasteiger partial charge in [-0.3, -0.25) is 4.99 Å². The van der Waals surface area contributed by atoms with Crippen molar-refractivity contribution in [2.45, 2.75) is 93.6 Å². The van der Waals surface area contributed by atoms with Crippen molar-refractivity contribution in [2.75, 3.05) is 26.2 Å². The van der Waals surface area contributed by atoms with E-state index in [9.17, 15) is 4.79 Å². The van der Waals surface area contributed by atoms with Crippen LogP contribution in [0, 0.1) is 0 Å². The average Bonchev–Trinajstić information content (AvgIpc) is 2.86. The number of amides is 1. The van der Waals surface area contributed by atoms with Gasteiger partial charge in [-0.25, -0.2) is 4.79 Å². The summed E-state index contributed by atoms with van der Waals surface area (Å²) < 4.78 is 5.51. The van der Waals surface area contributed by atoms with Crippen molar-refractivity contribution in [3.63, 3.8) is 0 Å². The molecule has 1 fully saturated rings. The van der Waals surface area contributed by atoms with Gasteiger partial charge in [-0.15, -0.1) is 0 Å². The van der Waals surface area contributed by atoms with Gasteiger partial charge in [0.25, 0.3) is 0 Å². The largest absolute Gasteiger partial charge is 0.444 e. The standard InChI is InChI=1S/C23H39N3O2.C9H11Cl/c1-9-12-13-24-18(4)21(20(10-2)11-3)19(5)25-14-16-26(17-15-25)22(27)28-23(6,7)8;1-2-4-8-5-3-6-9(10)7-8/h10,12-13H,9,11,14-17H2,1-8H3;3,5-7H,2,4H2,1H3/b13-12+,20-10-,21-19-,24-18+;. The molecule has 212 valence electrons. The minimum absolute atomic E-state index is 0.223. The highest BCUT2D eigenvalue weighted by molar-refractivity contribution is 6.30. The molecule has 5 nitrogen and oxygen atoms in total. The number of hydrogen-bond acceptors (Lipinski definition) is 4. The number of carbonyl (C=O) groups is 1. The zero-order valence-corrected chi connectivity index (χ0v) is 26.0. The zero-order valence-electron chi connectivity index (χ0n) is 25.2. The summed E-state index contributed by atoms with van der Waals surface area (Å²) in [4.78, 5) is 21.1. The minimum atomic E-state index is -0.460. The van der Waals surface area contributed by atoms with Gasteiger partial charge >= 0.3 is 6.09 Å². The number of rotatable bonds is 8. The second kappa shape index (κ2) is 17.1. The molecule has 0 unspecified atom stereocenters. The normalized spacial score (nSPS) is 15.7. The molecule has 0 aromatic heterocycles. The molecule has 0 saturated carbocycles. The van der Waals surface area contributed by atoms with Crippen molar-refractivity contribution >= 4 is 23.4 Å². The van der Waals surface area contributed by atoms with Crippen molar-refractivity contribution in [1.82, 2.24) is 9.80 Å². The fourth-order valence-electron chi connectivity index (χ4n) is 4.28. The number of piperazine rings is 1. The number of nitrogens with zero attached hydrogens (tertiary/aromatic N) is 3. The third-order valence-corrected chi connectivity index (χ3v) is 6.45. The molecule has 0 atom stereocenters. The minimum Gasteiger partial charge on any atom is -0.444 e. The molecule has 1 aromatic rings. The topological polar surface area (TPSA) is 45.1 Å². The van der Waals surface area contributed by atoms with Crippen LogP contribution in [0.3, 0.4) is 0 Å². The number of benzene rings is 1. The Hall–Kier alpha value is -2.53. The maximum atomic E-state index is 12.3. The molecule has 38 heavy (non-hydrogen) atoms. The average molecular weight is 544 g/mol. The van der Waals surface area contributed by atoms with Gasteiger partial charge in [-0.2, -0.15) is 0 Å². The molecular formula is C32H50ClN3O2. The third kappa shape index (κ3) is 11.9. The predicted molar refractivity (Wildman–Crippen MR) is 164 cm³/mol. The fraction of sp³-hybridized carbons (Fsp3) is 0.562. The smallest absolute Gasteiger partial charge is 0.410 e. The lowest BCUT2D eigenvalue weighted by Gasteiger charge is -2.38. The quantitative estimate of drug-likeness (QED) is 0.243. The number of allylic oxidation sites excluding steroid dienone is 5. The first-order chi connectivity index (χ1) is 18.0. The SMILES string of the molecule is CCCc1cccc(Cl)c1.C\C=C(CC)/C(C(/C)=N/C=C/CC)=C(/C)N1CCN(C(=O)OC(C)(C)C)CC1. The van der Waals surface area contributed by atoms with Crippen molar-refractivity contribution < 1.29 is 9.53 Å². The molecule has 0 N–H and O–H groups in total. The van der Waals surface area contributed by atoms with Gasteiger partial charge in [-0.05, 0) is 84.1 Å². The van der Waals surface area contributed by atoms with Crippen LogP contribution in [-0.2, 0) is 11.2 Å². The van der Waals surface area contributed by atoms with E-state index in [0.717, 1.165) is 43.1 Å². The number of hydrogen-bond donors (Lipinski definition) is 0. The van der Waals surface area contributed by atoms with E-state index in [0.29, 0.717) is 13.1 Å². The Morgan fingerprint density at radius 1 is 1.08 bits per heavy atom. The molecule has 0 bridgehead atoms. The highest BCUT2D eigenvalue weighted by Crippen LogP contribution is 2.24. The summed E-state index contributed by atoms with van der Waals surface area (Å²) in [7, 11) is 0. The van der Waals surface area contributed by atoms with Crippen LogP contribution in [0.2, 0.25) is 5.02 Å². The molecule has 1 aliphatic heterocycles. The van der Waals surface area contributed by atoms with Crippen molar-refractivity contribution in [2.24, 2.45) is 4.99 Å². The molecule has 1 amide bonds. The summed E-state index contributed by atoms with van der Waals surface area (Å²) in [6.07, 6.45) is 10.2. The van der Waals surface area contributed by atoms with E-state index in [1.165, 1.54) is 28.8 Å². The highest BCUT2D eigenvalue weighted by atomic mass is 35.5. The zero-order chi connectivity index (χ0) is 28.7. The van der Waals surface area contributed by atoms with E-state index >= 15 is 0 Å². The van der Waals surface area contributed by atoms with E-state index in [1.54, 1.807) is 4.90 Å². The Labute approximate surface area is 237 Å². The van der Waals surface area contributed by atoms with Crippen LogP contribution in [0.1, 0.15) is 87.1 Å². The van der Waals surface area contributed by atoms with Gasteiger partial charge < -0.3 is 14.5 Å². The van der Waals surface area contributed by atoms with Gasteiger partial charge in [0.2, 0.25) is 0 Å². The van der Waals surface area contributed by atoms with E-state index < -0.39 is 5.60 Å². The van der Waals surface area contributed by atoms with E-state index in [-0.39, 0.29) is 6.09 Å². The molecule has 1 saturated heterocycles. The Balaban J connectivity index is 0.000000600. The lowest BCUT2D eigenvalue weighted by atomic mass is 9.96. The second-order valence-electron chi connectivity index (χ2n) is 10.5. The number of carbonyl (C=O) groups excluding carboxylic acids is 1. The van der Waals surface area contributed by atoms with Gasteiger partial charge in [0.15, 0.2) is 0 Å². The highest BCUT2D eigenvalue weighted by Gasteiger charge is 2.27. The summed E-state index contributed by atoms with van der Waals surface area (Å²) >= 11 is 5.78. The first-order valence-corrected chi connectivity index (χ1v) is 14.4. The number of ether oxygens (including phenoxy) is 1. The van der Waals surface area contributed by atoms with Gasteiger partial charge in [0.05, 0.1) is 0 Å². The predicted octanol–water partition coefficient (Wildman–Crippen LogP) is 8.85. The number of aliphatic imine (C=N–C) groups is 1. The third-order valence-electron chi connectivity index (χ3n) is 6.22. The van der Waals surface area contributed by atoms with Crippen molar-refractivity contribution in [1.29, 1.82) is 0 Å². The maximum absolute atomic E-state index is 12.3. The van der Waals surface area contributed by atoms with Crippen molar-refractivity contribution in [3.8, 4) is 0 Å². The maximum Gasteiger partial charge on any atom is 0.410 e. The lowest BCUT2D eigenvalue weighted by Crippen LogP contribution is -2.49. The molecule has 0 spiro atoms. The molecule has 0 radical (unpaired) electrons. The molecule has 1 aliphatic rings. The van der Waals surface area contributed by atoms with E-state index in [4.69, 9.17) is 16.3 Å². The van der Waals surface area contributed by atoms with Gasteiger partial charge in [0, 0.05) is 54.4 Å². The molecule has 0 aliphatic carbocycles. The van der Waals surface area contributed by atoms with Crippen LogP contribution >= 0.6 is 11.6 Å². The van der Waals surface area contributed by atoms with Crippen LogP contribution in [0.5, 0.6) is 0 Å². The Morgan fingerprint density at radius 3 is 2.21 bits per heavy atom. The number of halogens is 1. The number of aryl methyl sites for hydroxylation is 1. The second-order valence-corrected chi connectivity index (χ2v) is 10.9. The molecule has 1 heterocycles. The van der Waals surface area contributed by atoms with E-state index in [1.807, 2.05) is 45.2 Å². The monoisotopic (exact) mass is 543 g/mol. The Bertz CT molecular complexity index is 994. The summed E-state index contributed by atoms with van der Waals surface area (Å²) in [5, 5.41) is 0.839. The lowest BCUT2D eigenvalue weighted by molar-refractivity contribution is 0.0168. The Kier molecular flexibility index (Phi) is 15.1. The van der Waals surface area contributed by atoms with Gasteiger partial charge in [-0.1, -0.05) is 63.1 Å². The summed E-state index contributed by atoms with van der Waals surface area (Å²) in [5.74, 6) is 0. The first kappa shape index (κ1) is 33.5. The Morgan fingerprint density at radius 2 is 1.71 bits per heavy atom. The van der Waals surface area contributed by atoms with Crippen LogP contribution in [-0.4, -0.2) is 53.4 Å². The summed E-state index contributed by atoms with van der Waals surface area (Å²) in [5.41, 5.74) is 5.65. The molecule has 2 rings (SSSR count). The molecular weight excluding hydrogens is 494 g/mol. The van der Waals surface area contributed by atoms with Crippen LogP contribution < -0.4 is 0 Å². The summed E-state index contributed by atoms with van der Waals surface area (Å²) in [6.45, 7) is 21.4. The van der Waals surface area contributed by atoms with Crippen LogP contribution in [0.4, 0.5) is 4.79 Å². The summed E-state index contributed by atoms with van der Waals surface area (Å²) in [6, 6.07) is 8.02. The molecule has 6 heteroatoms.